The molecule has 0 fully saturated rings. The second-order valence-electron chi connectivity index (χ2n) is 4.42. The van der Waals surface area contributed by atoms with Crippen molar-refractivity contribution in [1.29, 1.82) is 0 Å². The van der Waals surface area contributed by atoms with Gasteiger partial charge in [-0.05, 0) is 18.9 Å². The van der Waals surface area contributed by atoms with Gasteiger partial charge in [-0.2, -0.15) is 0 Å². The highest BCUT2D eigenvalue weighted by Crippen LogP contribution is 2.12. The van der Waals surface area contributed by atoms with E-state index in [-0.39, 0.29) is 24.5 Å². The fourth-order valence-corrected chi connectivity index (χ4v) is 1.74. The Morgan fingerprint density at radius 1 is 1.44 bits per heavy atom. The van der Waals surface area contributed by atoms with Crippen LogP contribution in [0.3, 0.4) is 0 Å². The third-order valence-electron chi connectivity index (χ3n) is 2.99. The van der Waals surface area contributed by atoms with E-state index in [0.717, 1.165) is 5.56 Å². The van der Waals surface area contributed by atoms with E-state index in [1.807, 2.05) is 37.3 Å². The van der Waals surface area contributed by atoms with E-state index >= 15 is 0 Å². The molecule has 0 heterocycles. The molecule has 0 spiro atoms. The van der Waals surface area contributed by atoms with Gasteiger partial charge in [0.05, 0.1) is 6.04 Å². The average molecular weight is 247 g/mol. The molecule has 3 nitrogen and oxygen atoms in total. The van der Waals surface area contributed by atoms with Gasteiger partial charge in [-0.3, -0.25) is 4.79 Å². The second kappa shape index (κ2) is 7.67. The molecule has 0 saturated carbocycles. The molecule has 0 aromatic heterocycles. The predicted molar refractivity (Wildman–Crippen MR) is 73.0 cm³/mol. The van der Waals surface area contributed by atoms with Gasteiger partial charge in [0, 0.05) is 18.9 Å². The number of carbonyl (C=O) groups is 1. The fourth-order valence-electron chi connectivity index (χ4n) is 1.74. The van der Waals surface area contributed by atoms with Crippen molar-refractivity contribution in [3.63, 3.8) is 0 Å². The quantitative estimate of drug-likeness (QED) is 0.727. The van der Waals surface area contributed by atoms with Crippen molar-refractivity contribution < 1.29 is 9.90 Å². The molecule has 0 aliphatic carbocycles. The van der Waals surface area contributed by atoms with Crippen LogP contribution >= 0.6 is 0 Å². The molecule has 0 aliphatic rings. The number of aliphatic hydroxyl groups is 1. The minimum atomic E-state index is 0.00258. The van der Waals surface area contributed by atoms with Crippen LogP contribution in [0.25, 0.3) is 0 Å². The first-order chi connectivity index (χ1) is 8.67. The van der Waals surface area contributed by atoms with E-state index in [2.05, 4.69) is 11.9 Å². The summed E-state index contributed by atoms with van der Waals surface area (Å²) in [6.07, 6.45) is 2.73. The Bertz CT molecular complexity index is 375. The lowest BCUT2D eigenvalue weighted by Crippen LogP contribution is -2.27. The maximum atomic E-state index is 11.7. The topological polar surface area (TPSA) is 49.3 Å². The van der Waals surface area contributed by atoms with E-state index in [1.54, 1.807) is 6.08 Å². The lowest BCUT2D eigenvalue weighted by atomic mass is 10.0. The van der Waals surface area contributed by atoms with Gasteiger partial charge in [0.1, 0.15) is 0 Å². The van der Waals surface area contributed by atoms with Crippen molar-refractivity contribution in [2.24, 2.45) is 5.92 Å². The van der Waals surface area contributed by atoms with E-state index in [0.29, 0.717) is 12.8 Å². The van der Waals surface area contributed by atoms with Crippen molar-refractivity contribution in [3.05, 3.63) is 48.6 Å². The van der Waals surface area contributed by atoms with Crippen LogP contribution in [-0.4, -0.2) is 17.6 Å². The predicted octanol–water partition coefficient (Wildman–Crippen LogP) is 2.44. The number of benzene rings is 1. The molecular weight excluding hydrogens is 226 g/mol. The second-order valence-corrected chi connectivity index (χ2v) is 4.42. The van der Waals surface area contributed by atoms with Crippen LogP contribution in [0.15, 0.2) is 43.0 Å². The van der Waals surface area contributed by atoms with E-state index in [4.69, 9.17) is 5.11 Å². The molecule has 1 amide bonds. The standard InChI is InChI=1S/C15H21NO2/c1-3-13(11-17)9-10-15(18)16-12(2)14-7-5-4-6-8-14/h3-8,12-13,17H,1,9-11H2,2H3,(H,16,18)/t12-,13-/m0/s1. The van der Waals surface area contributed by atoms with Crippen LogP contribution in [0.2, 0.25) is 0 Å². The van der Waals surface area contributed by atoms with Crippen LogP contribution in [-0.2, 0) is 4.79 Å². The normalized spacial score (nSPS) is 13.7. The van der Waals surface area contributed by atoms with Crippen LogP contribution in [0.4, 0.5) is 0 Å². The fraction of sp³-hybridized carbons (Fsp3) is 0.400. The number of nitrogens with one attached hydrogen (secondary N) is 1. The highest BCUT2D eigenvalue weighted by molar-refractivity contribution is 5.76. The number of rotatable bonds is 7. The first-order valence-corrected chi connectivity index (χ1v) is 6.25. The van der Waals surface area contributed by atoms with Crippen molar-refractivity contribution >= 4 is 5.91 Å². The zero-order chi connectivity index (χ0) is 13.4. The Morgan fingerprint density at radius 3 is 2.67 bits per heavy atom. The van der Waals surface area contributed by atoms with Gasteiger partial charge < -0.3 is 10.4 Å². The van der Waals surface area contributed by atoms with Gasteiger partial charge in [-0.25, -0.2) is 0 Å². The summed E-state index contributed by atoms with van der Waals surface area (Å²) < 4.78 is 0. The molecule has 3 heteroatoms. The number of hydrogen-bond acceptors (Lipinski definition) is 2. The van der Waals surface area contributed by atoms with Crippen molar-refractivity contribution in [3.8, 4) is 0 Å². The van der Waals surface area contributed by atoms with E-state index < -0.39 is 0 Å². The highest BCUT2D eigenvalue weighted by atomic mass is 16.3. The zero-order valence-corrected chi connectivity index (χ0v) is 10.8. The smallest absolute Gasteiger partial charge is 0.220 e. The maximum absolute atomic E-state index is 11.7. The number of carbonyl (C=O) groups excluding carboxylic acids is 1. The molecule has 0 unspecified atom stereocenters. The molecule has 0 saturated heterocycles. The minimum absolute atomic E-state index is 0.00258. The summed E-state index contributed by atoms with van der Waals surface area (Å²) in [4.78, 5) is 11.7. The molecule has 2 atom stereocenters. The lowest BCUT2D eigenvalue weighted by molar-refractivity contribution is -0.122. The Morgan fingerprint density at radius 2 is 2.11 bits per heavy atom. The van der Waals surface area contributed by atoms with Gasteiger partial charge in [-0.15, -0.1) is 6.58 Å². The van der Waals surface area contributed by atoms with E-state index in [1.165, 1.54) is 0 Å². The Kier molecular flexibility index (Phi) is 6.15. The molecule has 18 heavy (non-hydrogen) atoms. The molecule has 0 aliphatic heterocycles. The van der Waals surface area contributed by atoms with E-state index in [9.17, 15) is 4.79 Å². The summed E-state index contributed by atoms with van der Waals surface area (Å²) in [5, 5.41) is 11.9. The average Bonchev–Trinajstić information content (AvgIpc) is 2.41. The third kappa shape index (κ3) is 4.72. The maximum Gasteiger partial charge on any atom is 0.220 e. The van der Waals surface area contributed by atoms with Crippen LogP contribution < -0.4 is 5.32 Å². The first kappa shape index (κ1) is 14.5. The van der Waals surface area contributed by atoms with Crippen LogP contribution in [0.1, 0.15) is 31.4 Å². The van der Waals surface area contributed by atoms with Gasteiger partial charge >= 0.3 is 0 Å². The van der Waals surface area contributed by atoms with Crippen molar-refractivity contribution in [2.75, 3.05) is 6.61 Å². The highest BCUT2D eigenvalue weighted by Gasteiger charge is 2.11. The Labute approximate surface area is 109 Å². The largest absolute Gasteiger partial charge is 0.396 e. The number of hydrogen-bond donors (Lipinski definition) is 2. The van der Waals surface area contributed by atoms with Gasteiger partial charge in [0.2, 0.25) is 5.91 Å². The van der Waals surface area contributed by atoms with Crippen molar-refractivity contribution in [1.82, 2.24) is 5.32 Å². The van der Waals surface area contributed by atoms with Crippen molar-refractivity contribution in [2.45, 2.75) is 25.8 Å². The SMILES string of the molecule is C=C[C@H](CO)CCC(=O)N[C@@H](C)c1ccccc1. The van der Waals surface area contributed by atoms with Gasteiger partial charge in [0.15, 0.2) is 0 Å². The molecule has 1 rings (SSSR count). The molecule has 98 valence electrons. The first-order valence-electron chi connectivity index (χ1n) is 6.25. The third-order valence-corrected chi connectivity index (χ3v) is 2.99. The monoisotopic (exact) mass is 247 g/mol. The molecule has 1 aromatic rings. The number of amides is 1. The minimum Gasteiger partial charge on any atom is -0.396 e. The summed E-state index contributed by atoms with van der Waals surface area (Å²) in [5.74, 6) is 0.00874. The molecule has 0 bridgehead atoms. The summed E-state index contributed by atoms with van der Waals surface area (Å²) in [7, 11) is 0. The summed E-state index contributed by atoms with van der Waals surface area (Å²) in [6.45, 7) is 5.64. The lowest BCUT2D eigenvalue weighted by Gasteiger charge is -2.15. The number of aliphatic hydroxyl groups excluding tert-OH is 1. The molecule has 0 radical (unpaired) electrons. The zero-order valence-electron chi connectivity index (χ0n) is 10.8. The Hall–Kier alpha value is -1.61. The van der Waals surface area contributed by atoms with Crippen LogP contribution in [0, 0.1) is 5.92 Å². The molecular formula is C15H21NO2. The summed E-state index contributed by atoms with van der Waals surface area (Å²) >= 11 is 0. The molecule has 1 aromatic carbocycles. The molecule has 2 N–H and O–H groups in total. The summed E-state index contributed by atoms with van der Waals surface area (Å²) in [5.41, 5.74) is 1.09. The summed E-state index contributed by atoms with van der Waals surface area (Å²) in [6, 6.07) is 9.86. The Balaban J connectivity index is 2.38. The van der Waals surface area contributed by atoms with Gasteiger partial charge in [-0.1, -0.05) is 36.4 Å². The van der Waals surface area contributed by atoms with Crippen LogP contribution in [0.5, 0.6) is 0 Å². The van der Waals surface area contributed by atoms with Gasteiger partial charge in [0.25, 0.3) is 0 Å².